The number of nitrogens with one attached hydrogen (secondary N) is 1. The monoisotopic (exact) mass is 219 g/mol. The van der Waals surface area contributed by atoms with Crippen molar-refractivity contribution in [3.8, 4) is 0 Å². The topological polar surface area (TPSA) is 99.0 Å². The molecule has 0 bridgehead atoms. The first-order chi connectivity index (χ1) is 7.13. The molecule has 0 spiro atoms. The maximum atomic E-state index is 10.6. The zero-order valence-corrected chi connectivity index (χ0v) is 8.43. The van der Waals surface area contributed by atoms with Crippen molar-refractivity contribution >= 4 is 5.97 Å². The highest BCUT2D eigenvalue weighted by atomic mass is 16.5. The van der Waals surface area contributed by atoms with Crippen LogP contribution >= 0.6 is 0 Å². The normalized spacial score (nSPS) is 27.9. The van der Waals surface area contributed by atoms with Gasteiger partial charge in [0.1, 0.15) is 0 Å². The summed E-state index contributed by atoms with van der Waals surface area (Å²) in [4.78, 5) is 10.6. The molecular weight excluding hydrogens is 202 g/mol. The highest BCUT2D eigenvalue weighted by Crippen LogP contribution is 2.18. The Bertz CT molecular complexity index is 211. The standard InChI is InChI=1S/C9H17NO5/c11-5-6(12)3-10-4-7-1-2-8(15-7)9(13)14/h6-8,10-12H,1-5H2,(H,13,14). The van der Waals surface area contributed by atoms with Crippen LogP contribution in [-0.2, 0) is 9.53 Å². The molecule has 0 aromatic rings. The number of hydrogen-bond acceptors (Lipinski definition) is 5. The molecule has 1 heterocycles. The Morgan fingerprint density at radius 2 is 2.27 bits per heavy atom. The van der Waals surface area contributed by atoms with Gasteiger partial charge in [0.15, 0.2) is 6.10 Å². The molecule has 3 unspecified atom stereocenters. The average molecular weight is 219 g/mol. The van der Waals surface area contributed by atoms with E-state index in [9.17, 15) is 4.79 Å². The number of hydrogen-bond donors (Lipinski definition) is 4. The first kappa shape index (κ1) is 12.4. The average Bonchev–Trinajstić information content (AvgIpc) is 2.66. The van der Waals surface area contributed by atoms with Crippen LogP contribution in [0.15, 0.2) is 0 Å². The molecule has 4 N–H and O–H groups in total. The summed E-state index contributed by atoms with van der Waals surface area (Å²) >= 11 is 0. The van der Waals surface area contributed by atoms with Gasteiger partial charge >= 0.3 is 5.97 Å². The number of carbonyl (C=O) groups is 1. The first-order valence-corrected chi connectivity index (χ1v) is 5.01. The molecule has 6 heteroatoms. The zero-order chi connectivity index (χ0) is 11.3. The Kier molecular flexibility index (Phi) is 4.97. The van der Waals surface area contributed by atoms with E-state index in [1.54, 1.807) is 0 Å². The highest BCUT2D eigenvalue weighted by Gasteiger charge is 2.29. The summed E-state index contributed by atoms with van der Waals surface area (Å²) in [6.45, 7) is 0.505. The molecule has 1 saturated heterocycles. The minimum Gasteiger partial charge on any atom is -0.479 e. The second kappa shape index (κ2) is 6.02. The Balaban J connectivity index is 2.11. The van der Waals surface area contributed by atoms with Gasteiger partial charge in [-0.1, -0.05) is 0 Å². The Morgan fingerprint density at radius 1 is 1.53 bits per heavy atom. The SMILES string of the molecule is O=C(O)C1CCC(CNCC(O)CO)O1. The third-order valence-electron chi connectivity index (χ3n) is 2.35. The van der Waals surface area contributed by atoms with Gasteiger partial charge in [-0.25, -0.2) is 4.79 Å². The van der Waals surface area contributed by atoms with Gasteiger partial charge in [0.05, 0.1) is 18.8 Å². The zero-order valence-electron chi connectivity index (χ0n) is 8.43. The van der Waals surface area contributed by atoms with Crippen LogP contribution in [0.3, 0.4) is 0 Å². The van der Waals surface area contributed by atoms with Crippen molar-refractivity contribution in [3.05, 3.63) is 0 Å². The van der Waals surface area contributed by atoms with E-state index in [0.29, 0.717) is 19.4 Å². The van der Waals surface area contributed by atoms with Crippen molar-refractivity contribution in [1.82, 2.24) is 5.32 Å². The van der Waals surface area contributed by atoms with Crippen LogP contribution in [0.5, 0.6) is 0 Å². The molecule has 0 aromatic carbocycles. The largest absolute Gasteiger partial charge is 0.479 e. The molecule has 1 aliphatic rings. The number of rotatable bonds is 6. The summed E-state index contributed by atoms with van der Waals surface area (Å²) < 4.78 is 5.23. The van der Waals surface area contributed by atoms with Crippen molar-refractivity contribution in [1.29, 1.82) is 0 Å². The van der Waals surface area contributed by atoms with E-state index in [-0.39, 0.29) is 19.3 Å². The van der Waals surface area contributed by atoms with E-state index in [1.165, 1.54) is 0 Å². The van der Waals surface area contributed by atoms with Crippen LogP contribution in [0.25, 0.3) is 0 Å². The van der Waals surface area contributed by atoms with Gasteiger partial charge in [-0.15, -0.1) is 0 Å². The first-order valence-electron chi connectivity index (χ1n) is 5.01. The second-order valence-corrected chi connectivity index (χ2v) is 3.66. The molecule has 0 aliphatic carbocycles. The maximum Gasteiger partial charge on any atom is 0.332 e. The summed E-state index contributed by atoms with van der Waals surface area (Å²) in [6.07, 6.45) is -0.345. The minimum atomic E-state index is -0.923. The Morgan fingerprint density at radius 3 is 2.80 bits per heavy atom. The lowest BCUT2D eigenvalue weighted by Crippen LogP contribution is -2.35. The van der Waals surface area contributed by atoms with Crippen LogP contribution in [0.4, 0.5) is 0 Å². The number of aliphatic carboxylic acids is 1. The number of ether oxygens (including phenoxy) is 1. The van der Waals surface area contributed by atoms with Gasteiger partial charge in [0.2, 0.25) is 0 Å². The van der Waals surface area contributed by atoms with Gasteiger partial charge in [-0.3, -0.25) is 0 Å². The lowest BCUT2D eigenvalue weighted by molar-refractivity contribution is -0.149. The quantitative estimate of drug-likeness (QED) is 0.437. The van der Waals surface area contributed by atoms with Crippen molar-refractivity contribution < 1.29 is 24.9 Å². The highest BCUT2D eigenvalue weighted by molar-refractivity contribution is 5.72. The van der Waals surface area contributed by atoms with Crippen molar-refractivity contribution in [2.45, 2.75) is 31.2 Å². The lowest BCUT2D eigenvalue weighted by atomic mass is 10.2. The molecular formula is C9H17NO5. The van der Waals surface area contributed by atoms with E-state index in [0.717, 1.165) is 0 Å². The molecule has 0 amide bonds. The third-order valence-corrected chi connectivity index (χ3v) is 2.35. The third kappa shape index (κ3) is 4.13. The minimum absolute atomic E-state index is 0.114. The number of aliphatic hydroxyl groups excluding tert-OH is 2. The summed E-state index contributed by atoms with van der Waals surface area (Å²) in [5.41, 5.74) is 0. The van der Waals surface area contributed by atoms with E-state index in [4.69, 9.17) is 20.1 Å². The number of carboxylic acids is 1. The molecule has 3 atom stereocenters. The van der Waals surface area contributed by atoms with Gasteiger partial charge in [-0.05, 0) is 12.8 Å². The van der Waals surface area contributed by atoms with E-state index in [1.807, 2.05) is 0 Å². The fourth-order valence-electron chi connectivity index (χ4n) is 1.51. The van der Waals surface area contributed by atoms with Crippen LogP contribution in [0, 0.1) is 0 Å². The molecule has 1 aliphatic heterocycles. The summed E-state index contributed by atoms with van der Waals surface area (Å²) in [6, 6.07) is 0. The van der Waals surface area contributed by atoms with Crippen LogP contribution in [0.2, 0.25) is 0 Å². The van der Waals surface area contributed by atoms with Gasteiger partial charge in [-0.2, -0.15) is 0 Å². The smallest absolute Gasteiger partial charge is 0.332 e. The fraction of sp³-hybridized carbons (Fsp3) is 0.889. The molecule has 15 heavy (non-hydrogen) atoms. The molecule has 0 saturated carbocycles. The van der Waals surface area contributed by atoms with Crippen LogP contribution in [0.1, 0.15) is 12.8 Å². The van der Waals surface area contributed by atoms with Gasteiger partial charge in [0.25, 0.3) is 0 Å². The summed E-state index contributed by atoms with van der Waals surface area (Å²) in [7, 11) is 0. The Hall–Kier alpha value is -0.690. The van der Waals surface area contributed by atoms with Crippen LogP contribution < -0.4 is 5.32 Å². The van der Waals surface area contributed by atoms with Crippen molar-refractivity contribution in [2.24, 2.45) is 0 Å². The molecule has 1 rings (SSSR count). The van der Waals surface area contributed by atoms with Crippen molar-refractivity contribution in [2.75, 3.05) is 19.7 Å². The van der Waals surface area contributed by atoms with Crippen molar-refractivity contribution in [3.63, 3.8) is 0 Å². The number of carboxylic acid groups (broad SMARTS) is 1. The molecule has 1 fully saturated rings. The summed E-state index contributed by atoms with van der Waals surface area (Å²) in [5.74, 6) is -0.923. The summed E-state index contributed by atoms with van der Waals surface area (Å²) in [5, 5.41) is 29.1. The van der Waals surface area contributed by atoms with Gasteiger partial charge < -0.3 is 25.4 Å². The molecule has 6 nitrogen and oxygen atoms in total. The number of aliphatic hydroxyl groups is 2. The fourth-order valence-corrected chi connectivity index (χ4v) is 1.51. The molecule has 0 radical (unpaired) electrons. The predicted molar refractivity (Wildman–Crippen MR) is 51.5 cm³/mol. The maximum absolute atomic E-state index is 10.6. The van der Waals surface area contributed by atoms with E-state index in [2.05, 4.69) is 5.32 Å². The predicted octanol–water partition coefficient (Wildman–Crippen LogP) is -1.44. The lowest BCUT2D eigenvalue weighted by Gasteiger charge is -2.13. The second-order valence-electron chi connectivity index (χ2n) is 3.66. The van der Waals surface area contributed by atoms with E-state index >= 15 is 0 Å². The van der Waals surface area contributed by atoms with Crippen LogP contribution in [-0.4, -0.2) is 59.3 Å². The van der Waals surface area contributed by atoms with E-state index < -0.39 is 18.2 Å². The molecule has 88 valence electrons. The van der Waals surface area contributed by atoms with Gasteiger partial charge in [0, 0.05) is 13.1 Å². The molecule has 0 aromatic heterocycles. The Labute approximate surface area is 87.9 Å².